The molecule has 0 bridgehead atoms. The summed E-state index contributed by atoms with van der Waals surface area (Å²) in [5.41, 5.74) is 6.81. The van der Waals surface area contributed by atoms with E-state index in [1.807, 2.05) is 6.92 Å². The lowest BCUT2D eigenvalue weighted by atomic mass is 10.2. The molecule has 1 amide bonds. The molecule has 1 rings (SSSR count). The molecule has 0 saturated heterocycles. The predicted octanol–water partition coefficient (Wildman–Crippen LogP) is 3.14. The number of rotatable bonds is 7. The number of anilines is 2. The third-order valence-electron chi connectivity index (χ3n) is 2.90. The minimum absolute atomic E-state index is 0.0794. The predicted molar refractivity (Wildman–Crippen MR) is 87.3 cm³/mol. The summed E-state index contributed by atoms with van der Waals surface area (Å²) in [5.74, 6) is 0.758. The van der Waals surface area contributed by atoms with Gasteiger partial charge in [-0.05, 0) is 37.3 Å². The van der Waals surface area contributed by atoms with Crippen LogP contribution in [-0.2, 0) is 4.79 Å². The van der Waals surface area contributed by atoms with E-state index in [4.69, 9.17) is 17.3 Å². The van der Waals surface area contributed by atoms with Crippen LogP contribution in [-0.4, -0.2) is 28.1 Å². The molecule has 2 unspecified atom stereocenters. The molecule has 0 aliphatic carbocycles. The Morgan fingerprint density at radius 1 is 1.50 bits per heavy atom. The number of aliphatic hydroxyl groups is 1. The minimum Gasteiger partial charge on any atom is -0.397 e. The SMILES string of the molecule is CC(O)C(C)SCCCC(=O)Nc1cc(Cl)ccc1N. The number of carbonyl (C=O) groups is 1. The number of nitrogens with two attached hydrogens (primary N) is 1. The number of hydrogen-bond donors (Lipinski definition) is 3. The van der Waals surface area contributed by atoms with Crippen LogP contribution >= 0.6 is 23.4 Å². The van der Waals surface area contributed by atoms with Gasteiger partial charge in [-0.3, -0.25) is 4.79 Å². The first-order chi connectivity index (χ1) is 9.40. The van der Waals surface area contributed by atoms with Crippen LogP contribution in [0.2, 0.25) is 5.02 Å². The van der Waals surface area contributed by atoms with Crippen LogP contribution in [0.25, 0.3) is 0 Å². The van der Waals surface area contributed by atoms with Crippen LogP contribution in [0.3, 0.4) is 0 Å². The van der Waals surface area contributed by atoms with Gasteiger partial charge >= 0.3 is 0 Å². The van der Waals surface area contributed by atoms with Crippen LogP contribution in [0.15, 0.2) is 18.2 Å². The Hall–Kier alpha value is -0.910. The maximum Gasteiger partial charge on any atom is 0.224 e. The van der Waals surface area contributed by atoms with Crippen molar-refractivity contribution in [2.45, 2.75) is 38.0 Å². The van der Waals surface area contributed by atoms with Gasteiger partial charge < -0.3 is 16.2 Å². The van der Waals surface area contributed by atoms with Crippen LogP contribution in [0.1, 0.15) is 26.7 Å². The smallest absolute Gasteiger partial charge is 0.224 e. The molecule has 20 heavy (non-hydrogen) atoms. The zero-order chi connectivity index (χ0) is 15.1. The Balaban J connectivity index is 2.32. The largest absolute Gasteiger partial charge is 0.397 e. The number of hydrogen-bond acceptors (Lipinski definition) is 4. The Kier molecular flexibility index (Phi) is 7.19. The van der Waals surface area contributed by atoms with Crippen LogP contribution < -0.4 is 11.1 Å². The first-order valence-electron chi connectivity index (χ1n) is 6.54. The summed E-state index contributed by atoms with van der Waals surface area (Å²) in [5, 5.41) is 12.8. The molecule has 0 fully saturated rings. The topological polar surface area (TPSA) is 75.3 Å². The molecule has 0 aliphatic heterocycles. The van der Waals surface area contributed by atoms with E-state index in [-0.39, 0.29) is 17.3 Å². The van der Waals surface area contributed by atoms with Gasteiger partial charge in [0.1, 0.15) is 0 Å². The van der Waals surface area contributed by atoms with Crippen molar-refractivity contribution in [3.05, 3.63) is 23.2 Å². The molecule has 0 heterocycles. The van der Waals surface area contributed by atoms with Gasteiger partial charge in [0.25, 0.3) is 0 Å². The number of amides is 1. The molecule has 4 N–H and O–H groups in total. The lowest BCUT2D eigenvalue weighted by molar-refractivity contribution is -0.116. The van der Waals surface area contributed by atoms with Crippen molar-refractivity contribution in [1.82, 2.24) is 0 Å². The fraction of sp³-hybridized carbons (Fsp3) is 0.500. The lowest BCUT2D eigenvalue weighted by Gasteiger charge is -2.13. The first kappa shape index (κ1) is 17.1. The third kappa shape index (κ3) is 6.03. The standard InChI is InChI=1S/C14H21ClN2O2S/c1-9(18)10(2)20-7-3-4-14(19)17-13-8-11(15)5-6-12(13)16/h5-6,8-10,18H,3-4,7,16H2,1-2H3,(H,17,19). The molecule has 112 valence electrons. The van der Waals surface area contributed by atoms with Gasteiger partial charge in [0.15, 0.2) is 0 Å². The highest BCUT2D eigenvalue weighted by Crippen LogP contribution is 2.23. The monoisotopic (exact) mass is 316 g/mol. The number of thioether (sulfide) groups is 1. The van der Waals surface area contributed by atoms with Crippen molar-refractivity contribution in [1.29, 1.82) is 0 Å². The number of benzene rings is 1. The summed E-state index contributed by atoms with van der Waals surface area (Å²) in [6.07, 6.45) is 0.847. The maximum atomic E-state index is 11.8. The quantitative estimate of drug-likeness (QED) is 0.533. The Labute approximate surface area is 129 Å². The Morgan fingerprint density at radius 2 is 2.20 bits per heavy atom. The lowest BCUT2D eigenvalue weighted by Crippen LogP contribution is -2.16. The van der Waals surface area contributed by atoms with E-state index in [9.17, 15) is 9.90 Å². The molecule has 0 radical (unpaired) electrons. The number of nitrogen functional groups attached to an aromatic ring is 1. The van der Waals surface area contributed by atoms with Crippen molar-refractivity contribution in [3.8, 4) is 0 Å². The second-order valence-electron chi connectivity index (χ2n) is 4.70. The van der Waals surface area contributed by atoms with Gasteiger partial charge in [0.2, 0.25) is 5.91 Å². The van der Waals surface area contributed by atoms with Crippen LogP contribution in [0.4, 0.5) is 11.4 Å². The van der Waals surface area contributed by atoms with Crippen molar-refractivity contribution in [2.75, 3.05) is 16.8 Å². The molecule has 1 aromatic carbocycles. The average molecular weight is 317 g/mol. The normalized spacial score (nSPS) is 13.8. The summed E-state index contributed by atoms with van der Waals surface area (Å²) < 4.78 is 0. The molecule has 4 nitrogen and oxygen atoms in total. The second kappa shape index (κ2) is 8.39. The Morgan fingerprint density at radius 3 is 2.85 bits per heavy atom. The van der Waals surface area contributed by atoms with E-state index in [0.717, 1.165) is 12.2 Å². The molecular formula is C14H21ClN2O2S. The van der Waals surface area contributed by atoms with E-state index in [0.29, 0.717) is 22.8 Å². The highest BCUT2D eigenvalue weighted by atomic mass is 35.5. The summed E-state index contributed by atoms with van der Waals surface area (Å²) in [6, 6.07) is 4.98. The van der Waals surface area contributed by atoms with Gasteiger partial charge in [0.05, 0.1) is 17.5 Å². The van der Waals surface area contributed by atoms with Crippen molar-refractivity contribution in [3.63, 3.8) is 0 Å². The molecule has 0 aliphatic rings. The van der Waals surface area contributed by atoms with E-state index in [1.165, 1.54) is 0 Å². The molecule has 0 spiro atoms. The molecular weight excluding hydrogens is 296 g/mol. The first-order valence-corrected chi connectivity index (χ1v) is 7.97. The van der Waals surface area contributed by atoms with Gasteiger partial charge in [-0.2, -0.15) is 11.8 Å². The molecule has 0 aromatic heterocycles. The maximum absolute atomic E-state index is 11.8. The van der Waals surface area contributed by atoms with E-state index >= 15 is 0 Å². The van der Waals surface area contributed by atoms with Crippen molar-refractivity contribution >= 4 is 40.6 Å². The molecule has 1 aromatic rings. The van der Waals surface area contributed by atoms with E-state index in [1.54, 1.807) is 36.9 Å². The van der Waals surface area contributed by atoms with E-state index < -0.39 is 0 Å². The van der Waals surface area contributed by atoms with Crippen molar-refractivity contribution < 1.29 is 9.90 Å². The van der Waals surface area contributed by atoms with Crippen LogP contribution in [0, 0.1) is 0 Å². The van der Waals surface area contributed by atoms with Gasteiger partial charge in [-0.25, -0.2) is 0 Å². The average Bonchev–Trinajstić information content (AvgIpc) is 2.38. The molecule has 6 heteroatoms. The van der Waals surface area contributed by atoms with Crippen molar-refractivity contribution in [2.24, 2.45) is 0 Å². The number of halogens is 1. The summed E-state index contributed by atoms with van der Waals surface area (Å²) in [4.78, 5) is 11.8. The highest BCUT2D eigenvalue weighted by molar-refractivity contribution is 7.99. The third-order valence-corrected chi connectivity index (χ3v) is 4.58. The summed E-state index contributed by atoms with van der Waals surface area (Å²) >= 11 is 7.52. The number of nitrogens with one attached hydrogen (secondary N) is 1. The Bertz CT molecular complexity index is 455. The number of carbonyl (C=O) groups excluding carboxylic acids is 1. The minimum atomic E-state index is -0.333. The molecule has 2 atom stereocenters. The second-order valence-corrected chi connectivity index (χ2v) is 6.62. The fourth-order valence-electron chi connectivity index (χ4n) is 1.49. The van der Waals surface area contributed by atoms with E-state index in [2.05, 4.69) is 5.32 Å². The zero-order valence-corrected chi connectivity index (χ0v) is 13.3. The zero-order valence-electron chi connectivity index (χ0n) is 11.7. The summed E-state index contributed by atoms with van der Waals surface area (Å²) in [6.45, 7) is 3.74. The van der Waals surface area contributed by atoms with Gasteiger partial charge in [-0.1, -0.05) is 18.5 Å². The highest BCUT2D eigenvalue weighted by Gasteiger charge is 2.10. The van der Waals surface area contributed by atoms with Crippen LogP contribution in [0.5, 0.6) is 0 Å². The van der Waals surface area contributed by atoms with Gasteiger partial charge in [0, 0.05) is 16.7 Å². The fourth-order valence-corrected chi connectivity index (χ4v) is 2.62. The van der Waals surface area contributed by atoms with Gasteiger partial charge in [-0.15, -0.1) is 0 Å². The summed E-state index contributed by atoms with van der Waals surface area (Å²) in [7, 11) is 0. The number of aliphatic hydroxyl groups excluding tert-OH is 1. The molecule has 0 saturated carbocycles.